The number of nitro groups is 1. The van der Waals surface area contributed by atoms with Crippen molar-refractivity contribution in [3.05, 3.63) is 62.9 Å². The molecule has 0 aliphatic heterocycles. The Morgan fingerprint density at radius 2 is 2.13 bits per heavy atom. The second-order valence-electron chi connectivity index (χ2n) is 5.42. The summed E-state index contributed by atoms with van der Waals surface area (Å²) in [6.07, 6.45) is 3.51. The molecule has 0 spiro atoms. The third-order valence-electron chi connectivity index (χ3n) is 3.68. The zero-order valence-corrected chi connectivity index (χ0v) is 13.7. The Bertz CT molecular complexity index is 727. The Morgan fingerprint density at radius 3 is 2.74 bits per heavy atom. The highest BCUT2D eigenvalue weighted by molar-refractivity contribution is 6.33. The minimum absolute atomic E-state index is 0.0202. The van der Waals surface area contributed by atoms with Crippen LogP contribution < -0.4 is 5.32 Å². The first kappa shape index (κ1) is 17.0. The molecular formula is C16H18ClN3O3. The van der Waals surface area contributed by atoms with Gasteiger partial charge in [0.25, 0.3) is 5.91 Å². The van der Waals surface area contributed by atoms with Crippen LogP contribution in [0.4, 0.5) is 5.69 Å². The van der Waals surface area contributed by atoms with Crippen molar-refractivity contribution < 1.29 is 9.72 Å². The van der Waals surface area contributed by atoms with Crippen LogP contribution in [0.2, 0.25) is 5.02 Å². The number of para-hydroxylation sites is 1. The highest BCUT2D eigenvalue weighted by Crippen LogP contribution is 2.28. The number of nitrogens with zero attached hydrogens (tertiary/aromatic N) is 2. The lowest BCUT2D eigenvalue weighted by Gasteiger charge is -2.14. The zero-order valence-electron chi connectivity index (χ0n) is 13.0. The van der Waals surface area contributed by atoms with Gasteiger partial charge in [-0.2, -0.15) is 0 Å². The fourth-order valence-corrected chi connectivity index (χ4v) is 2.62. The summed E-state index contributed by atoms with van der Waals surface area (Å²) < 4.78 is 2.02. The number of carbonyl (C=O) groups excluding carboxylic acids is 1. The predicted octanol–water partition coefficient (Wildman–Crippen LogP) is 3.34. The van der Waals surface area contributed by atoms with Gasteiger partial charge in [0.15, 0.2) is 0 Å². The quantitative estimate of drug-likeness (QED) is 0.649. The van der Waals surface area contributed by atoms with Gasteiger partial charge >= 0.3 is 5.69 Å². The van der Waals surface area contributed by atoms with Crippen LogP contribution in [0.15, 0.2) is 36.5 Å². The molecule has 0 bridgehead atoms. The standard InChI is InChI=1S/C16H18ClN3O3/c1-11(8-9-12-5-4-10-19(12)2)18-16(21)13-6-3-7-14(17)15(13)20(22)23/h3-7,10-11H,8-9H2,1-2H3,(H,18,21)/t11-/m1/s1. The Kier molecular flexibility index (Phi) is 5.39. The van der Waals surface area contributed by atoms with Gasteiger partial charge < -0.3 is 9.88 Å². The van der Waals surface area contributed by atoms with Crippen molar-refractivity contribution in [3.63, 3.8) is 0 Å². The molecule has 1 atom stereocenters. The topological polar surface area (TPSA) is 77.2 Å². The van der Waals surface area contributed by atoms with Gasteiger partial charge in [0.2, 0.25) is 0 Å². The largest absolute Gasteiger partial charge is 0.354 e. The van der Waals surface area contributed by atoms with Gasteiger partial charge in [-0.25, -0.2) is 0 Å². The zero-order chi connectivity index (χ0) is 17.0. The molecule has 1 N–H and O–H groups in total. The molecular weight excluding hydrogens is 318 g/mol. The van der Waals surface area contributed by atoms with Crippen LogP contribution in [-0.4, -0.2) is 21.4 Å². The van der Waals surface area contributed by atoms with E-state index in [1.54, 1.807) is 0 Å². The Balaban J connectivity index is 2.03. The van der Waals surface area contributed by atoms with Crippen LogP contribution in [-0.2, 0) is 13.5 Å². The number of rotatable bonds is 6. The lowest BCUT2D eigenvalue weighted by Crippen LogP contribution is -2.33. The molecule has 0 aliphatic rings. The lowest BCUT2D eigenvalue weighted by molar-refractivity contribution is -0.385. The summed E-state index contributed by atoms with van der Waals surface area (Å²) in [5, 5.41) is 13.8. The van der Waals surface area contributed by atoms with E-state index in [0.717, 1.165) is 12.8 Å². The van der Waals surface area contributed by atoms with E-state index in [-0.39, 0.29) is 22.3 Å². The van der Waals surface area contributed by atoms with Gasteiger partial charge in [-0.3, -0.25) is 14.9 Å². The van der Waals surface area contributed by atoms with Crippen LogP contribution in [0.5, 0.6) is 0 Å². The Morgan fingerprint density at radius 1 is 1.39 bits per heavy atom. The van der Waals surface area contributed by atoms with Crippen LogP contribution in [0, 0.1) is 10.1 Å². The van der Waals surface area contributed by atoms with E-state index < -0.39 is 10.8 Å². The molecule has 0 unspecified atom stereocenters. The fraction of sp³-hybridized carbons (Fsp3) is 0.312. The summed E-state index contributed by atoms with van der Waals surface area (Å²) in [5.41, 5.74) is 0.786. The summed E-state index contributed by atoms with van der Waals surface area (Å²) in [7, 11) is 1.97. The molecule has 1 heterocycles. The molecule has 7 heteroatoms. The molecule has 0 radical (unpaired) electrons. The average Bonchev–Trinajstić information content (AvgIpc) is 2.89. The van der Waals surface area contributed by atoms with Gasteiger partial charge in [0.05, 0.1) is 4.92 Å². The van der Waals surface area contributed by atoms with Crippen molar-refractivity contribution in [3.8, 4) is 0 Å². The monoisotopic (exact) mass is 335 g/mol. The number of aromatic nitrogens is 1. The smallest absolute Gasteiger partial charge is 0.300 e. The Hall–Kier alpha value is -2.34. The molecule has 2 rings (SSSR count). The van der Waals surface area contributed by atoms with Crippen LogP contribution in [0.1, 0.15) is 29.4 Å². The third kappa shape index (κ3) is 4.10. The van der Waals surface area contributed by atoms with Crippen molar-refractivity contribution >= 4 is 23.2 Å². The lowest BCUT2D eigenvalue weighted by atomic mass is 10.1. The number of halogens is 1. The normalized spacial score (nSPS) is 12.0. The maximum absolute atomic E-state index is 12.3. The minimum atomic E-state index is -0.633. The van der Waals surface area contributed by atoms with E-state index in [4.69, 9.17) is 11.6 Å². The van der Waals surface area contributed by atoms with Gasteiger partial charge in [0, 0.05) is 25.0 Å². The molecule has 122 valence electrons. The van der Waals surface area contributed by atoms with Crippen LogP contribution in [0.3, 0.4) is 0 Å². The first-order valence-electron chi connectivity index (χ1n) is 7.24. The highest BCUT2D eigenvalue weighted by Gasteiger charge is 2.24. The molecule has 1 amide bonds. The van der Waals surface area contributed by atoms with Crippen molar-refractivity contribution in [2.45, 2.75) is 25.8 Å². The number of nitro benzene ring substituents is 1. The number of nitrogens with one attached hydrogen (secondary N) is 1. The maximum Gasteiger partial charge on any atom is 0.300 e. The number of hydrogen-bond acceptors (Lipinski definition) is 3. The molecule has 0 saturated carbocycles. The third-order valence-corrected chi connectivity index (χ3v) is 3.98. The van der Waals surface area contributed by atoms with E-state index in [1.165, 1.54) is 23.9 Å². The molecule has 0 aliphatic carbocycles. The van der Waals surface area contributed by atoms with Crippen LogP contribution >= 0.6 is 11.6 Å². The van der Waals surface area contributed by atoms with E-state index >= 15 is 0 Å². The van der Waals surface area contributed by atoms with Crippen molar-refractivity contribution in [1.29, 1.82) is 0 Å². The molecule has 0 saturated heterocycles. The molecule has 1 aromatic heterocycles. The minimum Gasteiger partial charge on any atom is -0.354 e. The highest BCUT2D eigenvalue weighted by atomic mass is 35.5. The molecule has 0 fully saturated rings. The van der Waals surface area contributed by atoms with E-state index in [0.29, 0.717) is 0 Å². The fourth-order valence-electron chi connectivity index (χ4n) is 2.38. The molecule has 1 aromatic carbocycles. The summed E-state index contributed by atoms with van der Waals surface area (Å²) in [5.74, 6) is -0.487. The summed E-state index contributed by atoms with van der Waals surface area (Å²) in [6, 6.07) is 8.21. The van der Waals surface area contributed by atoms with Crippen molar-refractivity contribution in [1.82, 2.24) is 9.88 Å². The Labute approximate surface area is 139 Å². The van der Waals surface area contributed by atoms with Gasteiger partial charge in [-0.15, -0.1) is 0 Å². The molecule has 23 heavy (non-hydrogen) atoms. The van der Waals surface area contributed by atoms with Gasteiger partial charge in [0.1, 0.15) is 10.6 Å². The first-order chi connectivity index (χ1) is 10.9. The van der Waals surface area contributed by atoms with Gasteiger partial charge in [-0.05, 0) is 44.0 Å². The SMILES string of the molecule is C[C@H](CCc1cccn1C)NC(=O)c1cccc(Cl)c1[N+](=O)[O-]. The summed E-state index contributed by atoms with van der Waals surface area (Å²) in [4.78, 5) is 22.7. The maximum atomic E-state index is 12.3. The molecule has 2 aromatic rings. The van der Waals surface area contributed by atoms with Gasteiger partial charge in [-0.1, -0.05) is 17.7 Å². The van der Waals surface area contributed by atoms with Crippen LogP contribution in [0.25, 0.3) is 0 Å². The number of aryl methyl sites for hydroxylation is 2. The second kappa shape index (κ2) is 7.28. The predicted molar refractivity (Wildman–Crippen MR) is 88.8 cm³/mol. The van der Waals surface area contributed by atoms with E-state index in [1.807, 2.05) is 36.9 Å². The number of amides is 1. The number of benzene rings is 1. The number of carbonyl (C=O) groups is 1. The average molecular weight is 336 g/mol. The van der Waals surface area contributed by atoms with E-state index in [9.17, 15) is 14.9 Å². The molecule has 6 nitrogen and oxygen atoms in total. The second-order valence-corrected chi connectivity index (χ2v) is 5.82. The van der Waals surface area contributed by atoms with E-state index in [2.05, 4.69) is 5.32 Å². The summed E-state index contributed by atoms with van der Waals surface area (Å²) >= 11 is 5.83. The first-order valence-corrected chi connectivity index (χ1v) is 7.62. The van der Waals surface area contributed by atoms with Crippen molar-refractivity contribution in [2.75, 3.05) is 0 Å². The number of hydrogen-bond donors (Lipinski definition) is 1. The van der Waals surface area contributed by atoms with Crippen molar-refractivity contribution in [2.24, 2.45) is 7.05 Å². The summed E-state index contributed by atoms with van der Waals surface area (Å²) in [6.45, 7) is 1.87.